The molecular formula is C21H18ClN3. The lowest BCUT2D eigenvalue weighted by Crippen LogP contribution is -2.30. The minimum Gasteiger partial charge on any atom is -0.357 e. The van der Waals surface area contributed by atoms with Gasteiger partial charge < -0.3 is 10.3 Å². The molecule has 0 fully saturated rings. The number of nitrogens with zero attached hydrogens (tertiary/aromatic N) is 1. The molecule has 3 heterocycles. The lowest BCUT2D eigenvalue weighted by atomic mass is 9.94. The monoisotopic (exact) mass is 347 g/mol. The summed E-state index contributed by atoms with van der Waals surface area (Å²) in [5.74, 6) is 0. The molecule has 1 aliphatic heterocycles. The van der Waals surface area contributed by atoms with Crippen LogP contribution in [0.4, 0.5) is 0 Å². The highest BCUT2D eigenvalue weighted by atomic mass is 35.5. The molecule has 1 aliphatic rings. The van der Waals surface area contributed by atoms with Crippen molar-refractivity contribution in [2.24, 2.45) is 0 Å². The molecule has 0 saturated heterocycles. The van der Waals surface area contributed by atoms with Gasteiger partial charge in [-0.1, -0.05) is 41.4 Å². The molecule has 2 N–H and O–H groups in total. The number of aryl methyl sites for hydroxylation is 1. The largest absolute Gasteiger partial charge is 0.357 e. The summed E-state index contributed by atoms with van der Waals surface area (Å²) in [4.78, 5) is 8.23. The summed E-state index contributed by atoms with van der Waals surface area (Å²) >= 11 is 6.58. The predicted molar refractivity (Wildman–Crippen MR) is 103 cm³/mol. The maximum absolute atomic E-state index is 6.58. The van der Waals surface area contributed by atoms with Crippen LogP contribution in [0.1, 0.15) is 28.4 Å². The highest BCUT2D eigenvalue weighted by Crippen LogP contribution is 2.36. The van der Waals surface area contributed by atoms with Crippen molar-refractivity contribution in [3.8, 4) is 0 Å². The van der Waals surface area contributed by atoms with Gasteiger partial charge in [0.15, 0.2) is 0 Å². The van der Waals surface area contributed by atoms with Crippen LogP contribution in [0.2, 0.25) is 5.15 Å². The van der Waals surface area contributed by atoms with Crippen LogP contribution >= 0.6 is 11.6 Å². The van der Waals surface area contributed by atoms with E-state index in [-0.39, 0.29) is 6.04 Å². The third kappa shape index (κ3) is 2.35. The molecular weight excluding hydrogens is 330 g/mol. The minimum absolute atomic E-state index is 0.0427. The molecule has 3 nitrogen and oxygen atoms in total. The van der Waals surface area contributed by atoms with E-state index in [1.165, 1.54) is 27.7 Å². The van der Waals surface area contributed by atoms with Crippen LogP contribution < -0.4 is 5.32 Å². The van der Waals surface area contributed by atoms with Gasteiger partial charge >= 0.3 is 0 Å². The Labute approximate surface area is 151 Å². The fourth-order valence-electron chi connectivity index (χ4n) is 3.94. The maximum Gasteiger partial charge on any atom is 0.134 e. The van der Waals surface area contributed by atoms with Crippen LogP contribution in [0.5, 0.6) is 0 Å². The van der Waals surface area contributed by atoms with Gasteiger partial charge in [-0.05, 0) is 43.2 Å². The van der Waals surface area contributed by atoms with Crippen molar-refractivity contribution in [1.82, 2.24) is 15.3 Å². The van der Waals surface area contributed by atoms with Crippen LogP contribution in [-0.4, -0.2) is 16.5 Å². The average molecular weight is 348 g/mol. The lowest BCUT2D eigenvalue weighted by molar-refractivity contribution is 0.560. The van der Waals surface area contributed by atoms with Gasteiger partial charge in [0.2, 0.25) is 0 Å². The van der Waals surface area contributed by atoms with E-state index in [4.69, 9.17) is 11.6 Å². The molecule has 0 saturated carbocycles. The van der Waals surface area contributed by atoms with Crippen LogP contribution in [0.25, 0.3) is 21.8 Å². The molecule has 0 spiro atoms. The van der Waals surface area contributed by atoms with Crippen molar-refractivity contribution in [3.05, 3.63) is 76.1 Å². The van der Waals surface area contributed by atoms with E-state index in [2.05, 4.69) is 64.7 Å². The molecule has 4 aromatic rings. The molecule has 5 rings (SSSR count). The zero-order chi connectivity index (χ0) is 17.0. The Bertz CT molecular complexity index is 1110. The second-order valence-electron chi connectivity index (χ2n) is 6.76. The summed E-state index contributed by atoms with van der Waals surface area (Å²) < 4.78 is 0. The molecule has 0 radical (unpaired) electrons. The molecule has 0 bridgehead atoms. The van der Waals surface area contributed by atoms with E-state index in [0.717, 1.165) is 29.4 Å². The SMILES string of the molecule is Cc1ccc2nc(Cl)c(C3NCCc4c3[nH]c3ccccc43)cc2c1. The highest BCUT2D eigenvalue weighted by molar-refractivity contribution is 6.30. The Kier molecular flexibility index (Phi) is 3.34. The number of fused-ring (bicyclic) bond motifs is 4. The Hall–Kier alpha value is -2.36. The Morgan fingerprint density at radius 1 is 1.12 bits per heavy atom. The molecule has 0 aliphatic carbocycles. The standard InChI is InChI=1S/C21H18ClN3/c1-12-6-7-17-13(10-12)11-16(21(22)25-17)19-20-15(8-9-23-19)14-4-2-3-5-18(14)24-20/h2-7,10-11,19,23-24H,8-9H2,1H3. The Balaban J connectivity index is 1.72. The molecule has 4 heteroatoms. The summed E-state index contributed by atoms with van der Waals surface area (Å²) in [6, 6.07) is 17.0. The van der Waals surface area contributed by atoms with E-state index < -0.39 is 0 Å². The van der Waals surface area contributed by atoms with Gasteiger partial charge in [0.25, 0.3) is 0 Å². The molecule has 2 aromatic heterocycles. The number of H-pyrrole nitrogens is 1. The Morgan fingerprint density at radius 2 is 2.00 bits per heavy atom. The maximum atomic E-state index is 6.58. The fraction of sp³-hybridized carbons (Fsp3) is 0.190. The summed E-state index contributed by atoms with van der Waals surface area (Å²) in [5.41, 5.74) is 6.98. The highest BCUT2D eigenvalue weighted by Gasteiger charge is 2.27. The van der Waals surface area contributed by atoms with Gasteiger partial charge in [-0.2, -0.15) is 0 Å². The number of halogens is 1. The second kappa shape index (κ2) is 5.58. The number of nitrogens with one attached hydrogen (secondary N) is 2. The minimum atomic E-state index is 0.0427. The van der Waals surface area contributed by atoms with E-state index >= 15 is 0 Å². The number of pyridine rings is 1. The topological polar surface area (TPSA) is 40.7 Å². The van der Waals surface area contributed by atoms with Crippen LogP contribution in [0.3, 0.4) is 0 Å². The van der Waals surface area contributed by atoms with Gasteiger partial charge in [-0.15, -0.1) is 0 Å². The summed E-state index contributed by atoms with van der Waals surface area (Å²) in [6.07, 6.45) is 1.02. The van der Waals surface area contributed by atoms with Crippen molar-refractivity contribution >= 4 is 33.4 Å². The first kappa shape index (κ1) is 14.9. The normalized spacial score (nSPS) is 17.1. The fourth-order valence-corrected chi connectivity index (χ4v) is 4.19. The molecule has 2 aromatic carbocycles. The van der Waals surface area contributed by atoms with E-state index in [0.29, 0.717) is 5.15 Å². The summed E-state index contributed by atoms with van der Waals surface area (Å²) in [7, 11) is 0. The molecule has 1 unspecified atom stereocenters. The van der Waals surface area contributed by atoms with Gasteiger partial charge in [0, 0.05) is 34.1 Å². The lowest BCUT2D eigenvalue weighted by Gasteiger charge is -2.25. The zero-order valence-electron chi connectivity index (χ0n) is 13.9. The van der Waals surface area contributed by atoms with Crippen molar-refractivity contribution < 1.29 is 0 Å². The molecule has 1 atom stereocenters. The summed E-state index contributed by atoms with van der Waals surface area (Å²) in [5, 5.41) is 6.63. The average Bonchev–Trinajstić information content (AvgIpc) is 3.00. The second-order valence-corrected chi connectivity index (χ2v) is 7.12. The number of hydrogen-bond acceptors (Lipinski definition) is 2. The van der Waals surface area contributed by atoms with Crippen molar-refractivity contribution in [2.75, 3.05) is 6.54 Å². The third-order valence-electron chi connectivity index (χ3n) is 5.12. The van der Waals surface area contributed by atoms with Crippen molar-refractivity contribution in [2.45, 2.75) is 19.4 Å². The van der Waals surface area contributed by atoms with E-state index in [1.807, 2.05) is 6.07 Å². The third-order valence-corrected chi connectivity index (χ3v) is 5.42. The Morgan fingerprint density at radius 3 is 2.92 bits per heavy atom. The first-order valence-electron chi connectivity index (χ1n) is 8.60. The number of aromatic nitrogens is 2. The van der Waals surface area contributed by atoms with Gasteiger partial charge in [0.1, 0.15) is 5.15 Å². The number of para-hydroxylation sites is 1. The quantitative estimate of drug-likeness (QED) is 0.480. The predicted octanol–water partition coefficient (Wildman–Crippen LogP) is 4.91. The van der Waals surface area contributed by atoms with Crippen molar-refractivity contribution in [3.63, 3.8) is 0 Å². The molecule has 124 valence electrons. The number of benzene rings is 2. The molecule has 0 amide bonds. The van der Waals surface area contributed by atoms with Gasteiger partial charge in [-0.25, -0.2) is 4.98 Å². The first-order valence-corrected chi connectivity index (χ1v) is 8.98. The van der Waals surface area contributed by atoms with Crippen LogP contribution in [0, 0.1) is 6.92 Å². The van der Waals surface area contributed by atoms with Crippen LogP contribution in [0.15, 0.2) is 48.5 Å². The van der Waals surface area contributed by atoms with Gasteiger partial charge in [-0.3, -0.25) is 0 Å². The van der Waals surface area contributed by atoms with E-state index in [9.17, 15) is 0 Å². The van der Waals surface area contributed by atoms with Gasteiger partial charge in [0.05, 0.1) is 11.6 Å². The van der Waals surface area contributed by atoms with E-state index in [1.54, 1.807) is 0 Å². The van der Waals surface area contributed by atoms with Crippen LogP contribution in [-0.2, 0) is 6.42 Å². The first-order chi connectivity index (χ1) is 12.2. The summed E-state index contributed by atoms with van der Waals surface area (Å²) in [6.45, 7) is 3.03. The number of aromatic amines is 1. The molecule has 25 heavy (non-hydrogen) atoms. The van der Waals surface area contributed by atoms with Crippen molar-refractivity contribution in [1.29, 1.82) is 0 Å². The smallest absolute Gasteiger partial charge is 0.134 e. The number of hydrogen-bond donors (Lipinski definition) is 2. The number of rotatable bonds is 1. The zero-order valence-corrected chi connectivity index (χ0v) is 14.7.